The molecule has 3 atom stereocenters. The Labute approximate surface area is 125 Å². The van der Waals surface area contributed by atoms with E-state index in [0.717, 1.165) is 22.7 Å². The highest BCUT2D eigenvalue weighted by molar-refractivity contribution is 7.99. The van der Waals surface area contributed by atoms with Gasteiger partial charge in [-0.1, -0.05) is 24.1 Å². The van der Waals surface area contributed by atoms with Crippen LogP contribution in [0.1, 0.15) is 36.8 Å². The third kappa shape index (κ3) is 3.29. The summed E-state index contributed by atoms with van der Waals surface area (Å²) in [5.74, 6) is 0. The van der Waals surface area contributed by atoms with Crippen molar-refractivity contribution in [3.05, 3.63) is 34.3 Å². The number of halogens is 1. The van der Waals surface area contributed by atoms with Crippen LogP contribution < -0.4 is 5.32 Å². The van der Waals surface area contributed by atoms with E-state index in [0.29, 0.717) is 6.04 Å². The molecule has 3 heteroatoms. The van der Waals surface area contributed by atoms with Crippen LogP contribution in [0.25, 0.3) is 0 Å². The molecule has 0 aliphatic heterocycles. The van der Waals surface area contributed by atoms with Crippen LogP contribution in [0.15, 0.2) is 18.2 Å². The Balaban J connectivity index is 1.58. The summed E-state index contributed by atoms with van der Waals surface area (Å²) in [6.07, 6.45) is 10.1. The zero-order valence-corrected chi connectivity index (χ0v) is 13.1. The van der Waals surface area contributed by atoms with Gasteiger partial charge in [-0.25, -0.2) is 0 Å². The van der Waals surface area contributed by atoms with Gasteiger partial charge in [0.05, 0.1) is 0 Å². The minimum Gasteiger partial charge on any atom is -0.311 e. The summed E-state index contributed by atoms with van der Waals surface area (Å²) in [6, 6.07) is 7.71. The molecule has 0 saturated heterocycles. The molecular formula is C16H22ClNS. The summed E-state index contributed by atoms with van der Waals surface area (Å²) in [6.45, 7) is 0. The lowest BCUT2D eigenvalue weighted by Gasteiger charge is -2.31. The maximum atomic E-state index is 6.08. The number of hydrogen-bond acceptors (Lipinski definition) is 2. The van der Waals surface area contributed by atoms with Gasteiger partial charge in [-0.15, -0.1) is 0 Å². The molecule has 0 aromatic heterocycles. The summed E-state index contributed by atoms with van der Waals surface area (Å²) in [5.41, 5.74) is 2.93. The van der Waals surface area contributed by atoms with E-state index in [-0.39, 0.29) is 0 Å². The van der Waals surface area contributed by atoms with Crippen LogP contribution in [0, 0.1) is 0 Å². The van der Waals surface area contributed by atoms with Crippen molar-refractivity contribution in [2.24, 2.45) is 0 Å². The number of benzene rings is 1. The van der Waals surface area contributed by atoms with E-state index in [1.165, 1.54) is 43.2 Å². The SMILES string of the molecule is CSC1CCCC(NC2Cc3ccc(Cl)cc3C2)C1. The highest BCUT2D eigenvalue weighted by Gasteiger charge is 2.27. The molecule has 1 fully saturated rings. The first-order valence-corrected chi connectivity index (χ1v) is 8.97. The number of hydrogen-bond donors (Lipinski definition) is 1. The predicted octanol–water partition coefficient (Wildman–Crippen LogP) is 4.07. The molecule has 104 valence electrons. The largest absolute Gasteiger partial charge is 0.311 e. The fourth-order valence-corrected chi connectivity index (χ4v) is 4.57. The first-order valence-electron chi connectivity index (χ1n) is 7.30. The van der Waals surface area contributed by atoms with Crippen molar-refractivity contribution in [3.63, 3.8) is 0 Å². The normalized spacial score (nSPS) is 30.3. The summed E-state index contributed by atoms with van der Waals surface area (Å²) in [5, 5.41) is 5.63. The molecule has 0 spiro atoms. The number of fused-ring (bicyclic) bond motifs is 1. The van der Waals surface area contributed by atoms with E-state index in [2.05, 4.69) is 23.7 Å². The van der Waals surface area contributed by atoms with E-state index >= 15 is 0 Å². The first-order chi connectivity index (χ1) is 9.24. The summed E-state index contributed by atoms with van der Waals surface area (Å²) < 4.78 is 0. The third-order valence-corrected chi connectivity index (χ3v) is 5.86. The Morgan fingerprint density at radius 1 is 1.16 bits per heavy atom. The van der Waals surface area contributed by atoms with E-state index in [9.17, 15) is 0 Å². The number of rotatable bonds is 3. The van der Waals surface area contributed by atoms with Crippen LogP contribution >= 0.6 is 23.4 Å². The molecular weight excluding hydrogens is 274 g/mol. The van der Waals surface area contributed by atoms with Crippen molar-refractivity contribution in [3.8, 4) is 0 Å². The minimum absolute atomic E-state index is 0.624. The van der Waals surface area contributed by atoms with Crippen molar-refractivity contribution >= 4 is 23.4 Å². The minimum atomic E-state index is 0.624. The average molecular weight is 296 g/mol. The topological polar surface area (TPSA) is 12.0 Å². The quantitative estimate of drug-likeness (QED) is 0.902. The van der Waals surface area contributed by atoms with Crippen molar-refractivity contribution in [1.82, 2.24) is 5.32 Å². The summed E-state index contributed by atoms with van der Waals surface area (Å²) >= 11 is 8.12. The van der Waals surface area contributed by atoms with Gasteiger partial charge >= 0.3 is 0 Å². The molecule has 1 saturated carbocycles. The van der Waals surface area contributed by atoms with E-state index < -0.39 is 0 Å². The van der Waals surface area contributed by atoms with Gasteiger partial charge in [-0.2, -0.15) is 11.8 Å². The Morgan fingerprint density at radius 2 is 2.00 bits per heavy atom. The van der Waals surface area contributed by atoms with Crippen LogP contribution in [0.2, 0.25) is 5.02 Å². The molecule has 0 bridgehead atoms. The molecule has 3 unspecified atom stereocenters. The van der Waals surface area contributed by atoms with Gasteiger partial charge < -0.3 is 5.32 Å². The van der Waals surface area contributed by atoms with Crippen LogP contribution in [0.5, 0.6) is 0 Å². The Kier molecular flexibility index (Phi) is 4.40. The van der Waals surface area contributed by atoms with Gasteiger partial charge in [0.25, 0.3) is 0 Å². The molecule has 2 aliphatic rings. The van der Waals surface area contributed by atoms with Crippen LogP contribution in [-0.2, 0) is 12.8 Å². The number of nitrogens with one attached hydrogen (secondary N) is 1. The standard InChI is InChI=1S/C16H22ClNS/c1-19-16-4-2-3-14(10-16)18-15-8-11-5-6-13(17)7-12(11)9-15/h5-7,14-16,18H,2-4,8-10H2,1H3. The van der Waals surface area contributed by atoms with Crippen molar-refractivity contribution in [1.29, 1.82) is 0 Å². The molecule has 3 rings (SSSR count). The predicted molar refractivity (Wildman–Crippen MR) is 85.3 cm³/mol. The summed E-state index contributed by atoms with van der Waals surface area (Å²) in [7, 11) is 0. The lowest BCUT2D eigenvalue weighted by molar-refractivity contribution is 0.345. The zero-order chi connectivity index (χ0) is 13.2. The molecule has 1 nitrogen and oxygen atoms in total. The zero-order valence-electron chi connectivity index (χ0n) is 11.5. The van der Waals surface area contributed by atoms with Gasteiger partial charge in [0.2, 0.25) is 0 Å². The van der Waals surface area contributed by atoms with Crippen molar-refractivity contribution in [2.75, 3.05) is 6.26 Å². The van der Waals surface area contributed by atoms with Crippen LogP contribution in [0.4, 0.5) is 0 Å². The molecule has 19 heavy (non-hydrogen) atoms. The summed E-state index contributed by atoms with van der Waals surface area (Å²) in [4.78, 5) is 0. The average Bonchev–Trinajstić information content (AvgIpc) is 2.80. The highest BCUT2D eigenvalue weighted by atomic mass is 35.5. The number of thioether (sulfide) groups is 1. The molecule has 1 aromatic carbocycles. The smallest absolute Gasteiger partial charge is 0.0408 e. The fourth-order valence-electron chi connectivity index (χ4n) is 3.55. The van der Waals surface area contributed by atoms with Crippen molar-refractivity contribution < 1.29 is 0 Å². The second kappa shape index (κ2) is 6.07. The van der Waals surface area contributed by atoms with Crippen molar-refractivity contribution in [2.45, 2.75) is 55.9 Å². The van der Waals surface area contributed by atoms with E-state index in [4.69, 9.17) is 11.6 Å². The highest BCUT2D eigenvalue weighted by Crippen LogP contribution is 2.30. The van der Waals surface area contributed by atoms with E-state index in [1.807, 2.05) is 17.8 Å². The second-order valence-corrected chi connectivity index (χ2v) is 7.48. The Hall–Kier alpha value is -0.180. The van der Waals surface area contributed by atoms with Gasteiger partial charge in [0, 0.05) is 22.4 Å². The molecule has 1 aromatic rings. The maximum absolute atomic E-state index is 6.08. The van der Waals surface area contributed by atoms with Gasteiger partial charge in [0.15, 0.2) is 0 Å². The first kappa shape index (κ1) is 13.8. The molecule has 2 aliphatic carbocycles. The Bertz CT molecular complexity index is 448. The fraction of sp³-hybridized carbons (Fsp3) is 0.625. The molecule has 0 radical (unpaired) electrons. The lowest BCUT2D eigenvalue weighted by atomic mass is 9.94. The monoisotopic (exact) mass is 295 g/mol. The van der Waals surface area contributed by atoms with Gasteiger partial charge in [-0.05, 0) is 61.6 Å². The maximum Gasteiger partial charge on any atom is 0.0408 e. The Morgan fingerprint density at radius 3 is 2.84 bits per heavy atom. The molecule has 1 N–H and O–H groups in total. The van der Waals surface area contributed by atoms with Gasteiger partial charge in [-0.3, -0.25) is 0 Å². The van der Waals surface area contributed by atoms with E-state index in [1.54, 1.807) is 0 Å². The molecule has 0 amide bonds. The van der Waals surface area contributed by atoms with Crippen LogP contribution in [0.3, 0.4) is 0 Å². The second-order valence-electron chi connectivity index (χ2n) is 5.91. The lowest BCUT2D eigenvalue weighted by Crippen LogP contribution is -2.42. The van der Waals surface area contributed by atoms with Crippen LogP contribution in [-0.4, -0.2) is 23.6 Å². The third-order valence-electron chi connectivity index (χ3n) is 4.53. The molecule has 0 heterocycles. The van der Waals surface area contributed by atoms with Gasteiger partial charge in [0.1, 0.15) is 0 Å².